The van der Waals surface area contributed by atoms with Crippen molar-refractivity contribution in [3.63, 3.8) is 0 Å². The first-order chi connectivity index (χ1) is 16.7. The van der Waals surface area contributed by atoms with E-state index in [1.54, 1.807) is 38.9 Å². The molecule has 0 aliphatic carbocycles. The van der Waals surface area contributed by atoms with E-state index in [1.165, 1.54) is 0 Å². The van der Waals surface area contributed by atoms with Crippen LogP contribution in [0.4, 0.5) is 11.5 Å². The van der Waals surface area contributed by atoms with Gasteiger partial charge in [0.15, 0.2) is 17.4 Å². The van der Waals surface area contributed by atoms with Crippen molar-refractivity contribution in [2.45, 2.75) is 6.54 Å². The largest absolute Gasteiger partial charge is 0.497 e. The fourth-order valence-electron chi connectivity index (χ4n) is 3.65. The number of fused-ring (bicyclic) bond motifs is 1. The average Bonchev–Trinajstić information content (AvgIpc) is 3.24. The second-order valence-electron chi connectivity index (χ2n) is 7.45. The topological polar surface area (TPSA) is 87.0 Å². The zero-order chi connectivity index (χ0) is 23.5. The minimum absolute atomic E-state index is 0.480. The summed E-state index contributed by atoms with van der Waals surface area (Å²) in [5, 5.41) is 9.68. The SMILES string of the molecule is COc1ccc(Cn2nc(-c3ncc(OC)c(Nc4ccncc4)n3)c3ccccc32)c(Cl)c1. The van der Waals surface area contributed by atoms with Crippen LogP contribution in [0.2, 0.25) is 5.02 Å². The lowest BCUT2D eigenvalue weighted by atomic mass is 10.2. The Bertz CT molecular complexity index is 1460. The van der Waals surface area contributed by atoms with Gasteiger partial charge in [-0.1, -0.05) is 35.9 Å². The lowest BCUT2D eigenvalue weighted by Gasteiger charge is -2.10. The number of aromatic nitrogens is 5. The number of hydrogen-bond acceptors (Lipinski definition) is 7. The van der Waals surface area contributed by atoms with Gasteiger partial charge in [0.1, 0.15) is 11.4 Å². The van der Waals surface area contributed by atoms with Crippen molar-refractivity contribution in [2.75, 3.05) is 19.5 Å². The fraction of sp³-hybridized carbons (Fsp3) is 0.120. The number of methoxy groups -OCH3 is 2. The molecule has 3 heterocycles. The molecule has 0 aliphatic heterocycles. The van der Waals surface area contributed by atoms with Crippen molar-refractivity contribution >= 4 is 34.0 Å². The summed E-state index contributed by atoms with van der Waals surface area (Å²) in [4.78, 5) is 13.3. The zero-order valence-corrected chi connectivity index (χ0v) is 19.3. The van der Waals surface area contributed by atoms with Crippen LogP contribution in [0.3, 0.4) is 0 Å². The van der Waals surface area contributed by atoms with E-state index in [9.17, 15) is 0 Å². The van der Waals surface area contributed by atoms with Gasteiger partial charge in [0.05, 0.1) is 32.5 Å². The minimum atomic E-state index is 0.480. The molecule has 0 amide bonds. The van der Waals surface area contributed by atoms with Crippen molar-refractivity contribution in [3.05, 3.63) is 83.8 Å². The number of halogens is 1. The van der Waals surface area contributed by atoms with Crippen LogP contribution in [-0.2, 0) is 6.54 Å². The lowest BCUT2D eigenvalue weighted by molar-refractivity contribution is 0.413. The van der Waals surface area contributed by atoms with Crippen LogP contribution in [-0.4, -0.2) is 39.0 Å². The summed E-state index contributed by atoms with van der Waals surface area (Å²) in [6.45, 7) is 0.488. The van der Waals surface area contributed by atoms with Gasteiger partial charge in [-0.15, -0.1) is 0 Å². The Morgan fingerprint density at radius 2 is 1.82 bits per heavy atom. The van der Waals surface area contributed by atoms with Crippen LogP contribution in [0.5, 0.6) is 11.5 Å². The van der Waals surface area contributed by atoms with Crippen molar-refractivity contribution in [2.24, 2.45) is 0 Å². The normalized spacial score (nSPS) is 10.9. The monoisotopic (exact) mass is 472 g/mol. The van der Waals surface area contributed by atoms with Crippen LogP contribution in [0.25, 0.3) is 22.4 Å². The highest BCUT2D eigenvalue weighted by Gasteiger charge is 2.18. The fourth-order valence-corrected chi connectivity index (χ4v) is 3.88. The molecule has 0 aliphatic rings. The molecule has 3 aromatic heterocycles. The highest BCUT2D eigenvalue weighted by Crippen LogP contribution is 2.31. The third-order valence-corrected chi connectivity index (χ3v) is 5.72. The van der Waals surface area contributed by atoms with Crippen molar-refractivity contribution in [3.8, 4) is 23.0 Å². The van der Waals surface area contributed by atoms with Crippen molar-refractivity contribution in [1.82, 2.24) is 24.7 Å². The van der Waals surface area contributed by atoms with E-state index in [0.29, 0.717) is 40.4 Å². The molecule has 0 saturated carbocycles. The van der Waals surface area contributed by atoms with E-state index in [4.69, 9.17) is 31.2 Å². The first-order valence-corrected chi connectivity index (χ1v) is 10.9. The van der Waals surface area contributed by atoms with Crippen LogP contribution in [0.15, 0.2) is 73.2 Å². The molecular weight excluding hydrogens is 452 g/mol. The zero-order valence-electron chi connectivity index (χ0n) is 18.6. The number of para-hydroxylation sites is 1. The molecule has 0 radical (unpaired) electrons. The Balaban J connectivity index is 1.56. The Hall–Kier alpha value is -4.17. The molecule has 2 aromatic carbocycles. The molecule has 9 heteroatoms. The molecule has 0 bridgehead atoms. The van der Waals surface area contributed by atoms with Gasteiger partial charge in [0.2, 0.25) is 0 Å². The summed E-state index contributed by atoms with van der Waals surface area (Å²) in [5.74, 6) is 2.25. The van der Waals surface area contributed by atoms with Crippen LogP contribution >= 0.6 is 11.6 Å². The number of anilines is 2. The van der Waals surface area contributed by atoms with Crippen LogP contribution in [0.1, 0.15) is 5.56 Å². The van der Waals surface area contributed by atoms with E-state index < -0.39 is 0 Å². The number of nitrogens with zero attached hydrogens (tertiary/aromatic N) is 5. The quantitative estimate of drug-likeness (QED) is 0.341. The lowest BCUT2D eigenvalue weighted by Crippen LogP contribution is -2.04. The van der Waals surface area contributed by atoms with Gasteiger partial charge in [-0.3, -0.25) is 9.67 Å². The number of hydrogen-bond donors (Lipinski definition) is 1. The maximum Gasteiger partial charge on any atom is 0.183 e. The molecule has 5 aromatic rings. The van der Waals surface area contributed by atoms with E-state index in [1.807, 2.05) is 53.2 Å². The highest BCUT2D eigenvalue weighted by molar-refractivity contribution is 6.31. The molecule has 1 N–H and O–H groups in total. The van der Waals surface area contributed by atoms with E-state index in [0.717, 1.165) is 22.2 Å². The van der Waals surface area contributed by atoms with Gasteiger partial charge in [0.25, 0.3) is 0 Å². The average molecular weight is 473 g/mol. The molecule has 5 rings (SSSR count). The highest BCUT2D eigenvalue weighted by atomic mass is 35.5. The molecule has 0 fully saturated rings. The van der Waals surface area contributed by atoms with Crippen molar-refractivity contribution in [1.29, 1.82) is 0 Å². The number of benzene rings is 2. The third kappa shape index (κ3) is 4.23. The second kappa shape index (κ2) is 9.36. The molecular formula is C25H21ClN6O2. The first-order valence-electron chi connectivity index (χ1n) is 10.5. The summed E-state index contributed by atoms with van der Waals surface area (Å²) in [5.41, 5.74) is 3.38. The number of nitrogens with one attached hydrogen (secondary N) is 1. The second-order valence-corrected chi connectivity index (χ2v) is 7.86. The predicted molar refractivity (Wildman–Crippen MR) is 132 cm³/mol. The van der Waals surface area contributed by atoms with E-state index in [-0.39, 0.29) is 0 Å². The van der Waals surface area contributed by atoms with Gasteiger partial charge < -0.3 is 14.8 Å². The summed E-state index contributed by atoms with van der Waals surface area (Å²) < 4.78 is 12.6. The van der Waals surface area contributed by atoms with Crippen LogP contribution < -0.4 is 14.8 Å². The Labute approximate surface area is 201 Å². The van der Waals surface area contributed by atoms with E-state index in [2.05, 4.69) is 15.3 Å². The molecule has 0 spiro atoms. The van der Waals surface area contributed by atoms with Gasteiger partial charge in [-0.25, -0.2) is 9.97 Å². The Kier molecular flexibility index (Phi) is 5.97. The Morgan fingerprint density at radius 3 is 2.59 bits per heavy atom. The standard InChI is InChI=1S/C25H21ClN6O2/c1-33-18-8-7-16(20(26)13-18)15-32-21-6-4-3-5-19(21)23(31-32)25-28-14-22(34-2)24(30-25)29-17-9-11-27-12-10-17/h3-14H,15H2,1-2H3,(H,27,28,29,30). The molecule has 0 atom stereocenters. The maximum absolute atomic E-state index is 6.49. The van der Waals surface area contributed by atoms with Gasteiger partial charge in [0, 0.05) is 28.5 Å². The van der Waals surface area contributed by atoms with Crippen molar-refractivity contribution < 1.29 is 9.47 Å². The molecule has 170 valence electrons. The first kappa shape index (κ1) is 21.7. The van der Waals surface area contributed by atoms with Gasteiger partial charge in [-0.05, 0) is 35.9 Å². The number of ether oxygens (including phenoxy) is 2. The molecule has 34 heavy (non-hydrogen) atoms. The minimum Gasteiger partial charge on any atom is -0.497 e. The number of rotatable bonds is 7. The molecule has 8 nitrogen and oxygen atoms in total. The van der Waals surface area contributed by atoms with Gasteiger partial charge >= 0.3 is 0 Å². The summed E-state index contributed by atoms with van der Waals surface area (Å²) in [6.07, 6.45) is 5.05. The summed E-state index contributed by atoms with van der Waals surface area (Å²) in [7, 11) is 3.20. The van der Waals surface area contributed by atoms with Crippen LogP contribution in [0, 0.1) is 0 Å². The molecule has 0 unspecified atom stereocenters. The summed E-state index contributed by atoms with van der Waals surface area (Å²) >= 11 is 6.49. The number of pyridine rings is 1. The molecule has 0 saturated heterocycles. The maximum atomic E-state index is 6.49. The third-order valence-electron chi connectivity index (χ3n) is 5.37. The van der Waals surface area contributed by atoms with E-state index >= 15 is 0 Å². The summed E-state index contributed by atoms with van der Waals surface area (Å²) in [6, 6.07) is 17.3. The predicted octanol–water partition coefficient (Wildman–Crippen LogP) is 5.35. The van der Waals surface area contributed by atoms with Gasteiger partial charge in [-0.2, -0.15) is 5.10 Å². The smallest absolute Gasteiger partial charge is 0.183 e. The Morgan fingerprint density at radius 1 is 1.00 bits per heavy atom.